The molecule has 1 aromatic heterocycles. The molecule has 1 aliphatic heterocycles. The number of alkyl halides is 2. The Morgan fingerprint density at radius 3 is 2.47 bits per heavy atom. The molecule has 0 atom stereocenters. The van der Waals surface area contributed by atoms with Crippen LogP contribution in [0, 0.1) is 6.92 Å². The number of nitrogens with zero attached hydrogens (tertiary/aromatic N) is 2. The first kappa shape index (κ1) is 12.2. The zero-order chi connectivity index (χ0) is 12.8. The molecular weight excluding hydrogens is 250 g/mol. The normalized spacial score (nSPS) is 18.9. The molecule has 2 rings (SSSR count). The van der Waals surface area contributed by atoms with Gasteiger partial charge in [-0.05, 0) is 13.0 Å². The van der Waals surface area contributed by atoms with Gasteiger partial charge in [0.2, 0.25) is 0 Å². The number of sulfone groups is 1. The van der Waals surface area contributed by atoms with Crippen molar-refractivity contribution in [2.24, 2.45) is 0 Å². The van der Waals surface area contributed by atoms with Crippen molar-refractivity contribution in [3.8, 4) is 0 Å². The minimum atomic E-state index is -3.37. The lowest BCUT2D eigenvalue weighted by atomic mass is 10.1. The summed E-state index contributed by atoms with van der Waals surface area (Å²) in [5.74, 6) is -2.69. The Hall–Kier alpha value is -1.24. The molecule has 4 nitrogen and oxygen atoms in total. The zero-order valence-corrected chi connectivity index (χ0v) is 10.3. The Balaban J connectivity index is 2.35. The first-order chi connectivity index (χ1) is 7.69. The first-order valence-corrected chi connectivity index (χ1v) is 6.88. The molecule has 0 saturated carbocycles. The van der Waals surface area contributed by atoms with Crippen molar-refractivity contribution in [2.45, 2.75) is 17.7 Å². The van der Waals surface area contributed by atoms with E-state index in [4.69, 9.17) is 0 Å². The predicted octanol–water partition coefficient (Wildman–Crippen LogP) is 1.25. The average molecular weight is 262 g/mol. The third-order valence-corrected chi connectivity index (χ3v) is 3.73. The summed E-state index contributed by atoms with van der Waals surface area (Å²) in [4.78, 5) is 5.41. The van der Waals surface area contributed by atoms with Gasteiger partial charge in [-0.25, -0.2) is 17.2 Å². The lowest BCUT2D eigenvalue weighted by Gasteiger charge is -2.40. The van der Waals surface area contributed by atoms with Crippen molar-refractivity contribution >= 4 is 15.5 Å². The molecule has 94 valence electrons. The van der Waals surface area contributed by atoms with Crippen LogP contribution >= 0.6 is 0 Å². The smallest absolute Gasteiger partial charge is 0.282 e. The Kier molecular flexibility index (Phi) is 2.61. The Bertz CT molecular complexity index is 549. The van der Waals surface area contributed by atoms with E-state index in [2.05, 4.69) is 4.98 Å². The van der Waals surface area contributed by atoms with Crippen LogP contribution in [0.1, 0.15) is 5.69 Å². The summed E-state index contributed by atoms with van der Waals surface area (Å²) in [6, 6.07) is 1.40. The molecule has 0 unspecified atom stereocenters. The number of aromatic nitrogens is 1. The monoisotopic (exact) mass is 262 g/mol. The zero-order valence-electron chi connectivity index (χ0n) is 9.44. The molecular formula is C10H12F2N2O2S. The van der Waals surface area contributed by atoms with Crippen LogP contribution in [0.15, 0.2) is 17.2 Å². The van der Waals surface area contributed by atoms with E-state index in [1.807, 2.05) is 0 Å². The standard InChI is InChI=1S/C10H12F2N2O2S/c1-7-9(14-5-10(11,12)6-14)3-8(4-13-7)17(2,15)16/h3-4H,5-6H2,1-2H3. The van der Waals surface area contributed by atoms with Crippen LogP contribution in [0.2, 0.25) is 0 Å². The van der Waals surface area contributed by atoms with Gasteiger partial charge in [-0.3, -0.25) is 4.98 Å². The van der Waals surface area contributed by atoms with E-state index >= 15 is 0 Å². The molecule has 0 spiro atoms. The van der Waals surface area contributed by atoms with Crippen LogP contribution < -0.4 is 4.90 Å². The van der Waals surface area contributed by atoms with E-state index in [1.165, 1.54) is 17.2 Å². The highest BCUT2D eigenvalue weighted by Crippen LogP contribution is 2.33. The van der Waals surface area contributed by atoms with Gasteiger partial charge in [-0.1, -0.05) is 0 Å². The number of anilines is 1. The van der Waals surface area contributed by atoms with E-state index in [9.17, 15) is 17.2 Å². The van der Waals surface area contributed by atoms with E-state index in [1.54, 1.807) is 6.92 Å². The predicted molar refractivity (Wildman–Crippen MR) is 59.2 cm³/mol. The number of rotatable bonds is 2. The highest BCUT2D eigenvalue weighted by atomic mass is 32.2. The molecule has 2 heterocycles. The van der Waals surface area contributed by atoms with Crippen LogP contribution in [-0.4, -0.2) is 38.7 Å². The molecule has 1 saturated heterocycles. The summed E-state index contributed by atoms with van der Waals surface area (Å²) in [6.07, 6.45) is 2.31. The molecule has 7 heteroatoms. The first-order valence-electron chi connectivity index (χ1n) is 4.98. The van der Waals surface area contributed by atoms with Gasteiger partial charge in [0.05, 0.1) is 29.4 Å². The molecule has 0 radical (unpaired) electrons. The summed E-state index contributed by atoms with van der Waals surface area (Å²) in [5.41, 5.74) is 1.01. The van der Waals surface area contributed by atoms with Crippen molar-refractivity contribution in [2.75, 3.05) is 24.2 Å². The van der Waals surface area contributed by atoms with Gasteiger partial charge in [0.15, 0.2) is 9.84 Å². The maximum atomic E-state index is 12.8. The molecule has 0 amide bonds. The summed E-state index contributed by atoms with van der Waals surface area (Å²) >= 11 is 0. The van der Waals surface area contributed by atoms with Crippen LogP contribution in [0.5, 0.6) is 0 Å². The molecule has 1 fully saturated rings. The number of pyridine rings is 1. The van der Waals surface area contributed by atoms with Gasteiger partial charge in [-0.15, -0.1) is 0 Å². The van der Waals surface area contributed by atoms with Gasteiger partial charge in [0, 0.05) is 12.5 Å². The van der Waals surface area contributed by atoms with Gasteiger partial charge < -0.3 is 4.90 Å². The molecule has 0 bridgehead atoms. The van der Waals surface area contributed by atoms with Crippen LogP contribution in [0.4, 0.5) is 14.5 Å². The van der Waals surface area contributed by atoms with E-state index in [-0.39, 0.29) is 18.0 Å². The van der Waals surface area contributed by atoms with E-state index < -0.39 is 15.8 Å². The third-order valence-electron chi connectivity index (χ3n) is 2.65. The minimum Gasteiger partial charge on any atom is -0.358 e. The van der Waals surface area contributed by atoms with Gasteiger partial charge in [0.1, 0.15) is 0 Å². The number of halogens is 2. The van der Waals surface area contributed by atoms with Crippen molar-refractivity contribution < 1.29 is 17.2 Å². The molecule has 0 aliphatic carbocycles. The number of hydrogen-bond acceptors (Lipinski definition) is 4. The van der Waals surface area contributed by atoms with Gasteiger partial charge in [0.25, 0.3) is 5.92 Å². The fourth-order valence-corrected chi connectivity index (χ4v) is 2.28. The van der Waals surface area contributed by atoms with Crippen molar-refractivity contribution in [3.05, 3.63) is 18.0 Å². The fourth-order valence-electron chi connectivity index (χ4n) is 1.71. The van der Waals surface area contributed by atoms with Crippen LogP contribution in [0.25, 0.3) is 0 Å². The largest absolute Gasteiger partial charge is 0.358 e. The van der Waals surface area contributed by atoms with E-state index in [0.717, 1.165) is 6.26 Å². The maximum absolute atomic E-state index is 12.8. The SMILES string of the molecule is Cc1ncc(S(C)(=O)=O)cc1N1CC(F)(F)C1. The second-order valence-electron chi connectivity index (χ2n) is 4.26. The fraction of sp³-hybridized carbons (Fsp3) is 0.500. The maximum Gasteiger partial charge on any atom is 0.282 e. The summed E-state index contributed by atoms with van der Waals surface area (Å²) < 4.78 is 48.2. The molecule has 1 aliphatic rings. The number of hydrogen-bond donors (Lipinski definition) is 0. The lowest BCUT2D eigenvalue weighted by Crippen LogP contribution is -2.56. The molecule has 0 aromatic carbocycles. The van der Waals surface area contributed by atoms with Crippen LogP contribution in [0.3, 0.4) is 0 Å². The molecule has 1 aromatic rings. The van der Waals surface area contributed by atoms with E-state index in [0.29, 0.717) is 11.4 Å². The second-order valence-corrected chi connectivity index (χ2v) is 6.28. The highest BCUT2D eigenvalue weighted by Gasteiger charge is 2.44. The minimum absolute atomic E-state index is 0.0494. The topological polar surface area (TPSA) is 50.3 Å². The summed E-state index contributed by atoms with van der Waals surface area (Å²) in [6.45, 7) is 0.892. The van der Waals surface area contributed by atoms with Crippen molar-refractivity contribution in [1.29, 1.82) is 0 Å². The summed E-state index contributed by atoms with van der Waals surface area (Å²) in [7, 11) is -3.37. The molecule has 17 heavy (non-hydrogen) atoms. The average Bonchev–Trinajstić information content (AvgIpc) is 2.13. The Labute approximate surface area is 98.2 Å². The Morgan fingerprint density at radius 1 is 1.41 bits per heavy atom. The van der Waals surface area contributed by atoms with Gasteiger partial charge in [-0.2, -0.15) is 0 Å². The second kappa shape index (κ2) is 3.63. The Morgan fingerprint density at radius 2 is 2.00 bits per heavy atom. The van der Waals surface area contributed by atoms with Crippen LogP contribution in [-0.2, 0) is 9.84 Å². The summed E-state index contributed by atoms with van der Waals surface area (Å²) in [5, 5.41) is 0. The molecule has 0 N–H and O–H groups in total. The van der Waals surface area contributed by atoms with Crippen molar-refractivity contribution in [1.82, 2.24) is 4.98 Å². The van der Waals surface area contributed by atoms with Gasteiger partial charge >= 0.3 is 0 Å². The third kappa shape index (κ3) is 2.38. The quantitative estimate of drug-likeness (QED) is 0.805. The number of aryl methyl sites for hydroxylation is 1. The lowest BCUT2D eigenvalue weighted by molar-refractivity contribution is -0.0263. The highest BCUT2D eigenvalue weighted by molar-refractivity contribution is 7.90. The van der Waals surface area contributed by atoms with Crippen molar-refractivity contribution in [3.63, 3.8) is 0 Å².